The molecule has 1 aromatic heterocycles. The first kappa shape index (κ1) is 13.0. The van der Waals surface area contributed by atoms with Crippen molar-refractivity contribution in [2.45, 2.75) is 6.42 Å². The average molecular weight is 245 g/mol. The maximum atomic E-state index is 11.4. The van der Waals surface area contributed by atoms with Crippen LogP contribution in [0.5, 0.6) is 0 Å². The van der Waals surface area contributed by atoms with Gasteiger partial charge in [0.2, 0.25) is 5.91 Å². The molecular formula is C10H17ClN4O. The summed E-state index contributed by atoms with van der Waals surface area (Å²) >= 11 is 0. The van der Waals surface area contributed by atoms with Crippen molar-refractivity contribution in [3.8, 4) is 0 Å². The van der Waals surface area contributed by atoms with Crippen molar-refractivity contribution in [2.75, 3.05) is 19.6 Å². The Hall–Kier alpha value is -1.07. The van der Waals surface area contributed by atoms with E-state index >= 15 is 0 Å². The van der Waals surface area contributed by atoms with Crippen LogP contribution in [0.1, 0.15) is 5.56 Å². The first-order chi connectivity index (χ1) is 7.25. The van der Waals surface area contributed by atoms with Crippen molar-refractivity contribution >= 4 is 18.3 Å². The number of nitrogens with zero attached hydrogens (tertiary/aromatic N) is 2. The first-order valence-electron chi connectivity index (χ1n) is 5.21. The molecule has 5 nitrogen and oxygen atoms in total. The minimum atomic E-state index is 0. The third-order valence-electron chi connectivity index (χ3n) is 2.62. The second-order valence-electron chi connectivity index (χ2n) is 3.92. The molecule has 6 heteroatoms. The molecule has 1 saturated heterocycles. The van der Waals surface area contributed by atoms with E-state index in [4.69, 9.17) is 0 Å². The topological polar surface area (TPSA) is 59.0 Å². The van der Waals surface area contributed by atoms with E-state index in [1.54, 1.807) is 4.68 Å². The van der Waals surface area contributed by atoms with Crippen molar-refractivity contribution in [2.24, 2.45) is 13.0 Å². The molecule has 0 spiro atoms. The summed E-state index contributed by atoms with van der Waals surface area (Å²) in [7, 11) is 1.89. The normalized spacial score (nSPS) is 15.1. The minimum absolute atomic E-state index is 0. The molecular weight excluding hydrogens is 228 g/mol. The van der Waals surface area contributed by atoms with Gasteiger partial charge in [0, 0.05) is 32.9 Å². The third-order valence-corrected chi connectivity index (χ3v) is 2.62. The maximum absolute atomic E-state index is 11.4. The van der Waals surface area contributed by atoms with E-state index in [2.05, 4.69) is 15.7 Å². The monoisotopic (exact) mass is 244 g/mol. The van der Waals surface area contributed by atoms with Gasteiger partial charge in [-0.1, -0.05) is 0 Å². The number of hydrogen-bond acceptors (Lipinski definition) is 3. The van der Waals surface area contributed by atoms with Crippen LogP contribution >= 0.6 is 12.4 Å². The molecule has 0 aromatic carbocycles. The third kappa shape index (κ3) is 3.21. The molecule has 90 valence electrons. The van der Waals surface area contributed by atoms with Crippen LogP contribution in [0, 0.1) is 5.92 Å². The Bertz CT molecular complexity index is 348. The van der Waals surface area contributed by atoms with Crippen LogP contribution in [0.3, 0.4) is 0 Å². The minimum Gasteiger partial charge on any atom is -0.355 e. The van der Waals surface area contributed by atoms with Crippen LogP contribution in [0.15, 0.2) is 12.4 Å². The molecule has 1 aromatic rings. The van der Waals surface area contributed by atoms with E-state index < -0.39 is 0 Å². The molecule has 2 rings (SSSR count). The van der Waals surface area contributed by atoms with Crippen LogP contribution < -0.4 is 10.6 Å². The summed E-state index contributed by atoms with van der Waals surface area (Å²) in [5.74, 6) is 0.344. The van der Waals surface area contributed by atoms with Gasteiger partial charge in [0.1, 0.15) is 0 Å². The SMILES string of the molecule is Cl.Cn1cc(CCNC(=O)C2CNC2)cn1. The summed E-state index contributed by atoms with van der Waals surface area (Å²) < 4.78 is 1.77. The van der Waals surface area contributed by atoms with Crippen LogP contribution in [0.2, 0.25) is 0 Å². The molecule has 1 amide bonds. The fourth-order valence-corrected chi connectivity index (χ4v) is 1.55. The lowest BCUT2D eigenvalue weighted by atomic mass is 10.0. The number of nitrogens with one attached hydrogen (secondary N) is 2. The molecule has 0 atom stereocenters. The first-order valence-corrected chi connectivity index (χ1v) is 5.21. The van der Waals surface area contributed by atoms with Crippen LogP contribution in [0.25, 0.3) is 0 Å². The van der Waals surface area contributed by atoms with Crippen LogP contribution in [-0.2, 0) is 18.3 Å². The van der Waals surface area contributed by atoms with Gasteiger partial charge in [-0.05, 0) is 12.0 Å². The highest BCUT2D eigenvalue weighted by Crippen LogP contribution is 2.02. The van der Waals surface area contributed by atoms with Crippen LogP contribution in [0.4, 0.5) is 0 Å². The molecule has 0 radical (unpaired) electrons. The quantitative estimate of drug-likeness (QED) is 0.766. The van der Waals surface area contributed by atoms with E-state index in [0.717, 1.165) is 25.1 Å². The lowest BCUT2D eigenvalue weighted by Gasteiger charge is -2.25. The Labute approximate surface area is 101 Å². The van der Waals surface area contributed by atoms with Gasteiger partial charge in [0.05, 0.1) is 12.1 Å². The smallest absolute Gasteiger partial charge is 0.225 e. The largest absolute Gasteiger partial charge is 0.355 e. The van der Waals surface area contributed by atoms with Gasteiger partial charge in [0.25, 0.3) is 0 Å². The van der Waals surface area contributed by atoms with Gasteiger partial charge in [-0.3, -0.25) is 9.48 Å². The van der Waals surface area contributed by atoms with Gasteiger partial charge in [-0.15, -0.1) is 12.4 Å². The van der Waals surface area contributed by atoms with E-state index in [-0.39, 0.29) is 24.2 Å². The molecule has 16 heavy (non-hydrogen) atoms. The van der Waals surface area contributed by atoms with E-state index in [1.807, 2.05) is 19.4 Å². The Morgan fingerprint density at radius 3 is 2.94 bits per heavy atom. The molecule has 1 aliphatic rings. The molecule has 1 aliphatic heterocycles. The molecule has 0 unspecified atom stereocenters. The molecule has 2 N–H and O–H groups in total. The predicted molar refractivity (Wildman–Crippen MR) is 63.5 cm³/mol. The highest BCUT2D eigenvalue weighted by molar-refractivity contribution is 5.85. The molecule has 0 saturated carbocycles. The van der Waals surface area contributed by atoms with E-state index in [1.165, 1.54) is 0 Å². The lowest BCUT2D eigenvalue weighted by Crippen LogP contribution is -2.51. The van der Waals surface area contributed by atoms with Gasteiger partial charge < -0.3 is 10.6 Å². The van der Waals surface area contributed by atoms with Crippen molar-refractivity contribution in [1.29, 1.82) is 0 Å². The fourth-order valence-electron chi connectivity index (χ4n) is 1.55. The Morgan fingerprint density at radius 1 is 1.69 bits per heavy atom. The summed E-state index contributed by atoms with van der Waals surface area (Å²) in [5.41, 5.74) is 1.16. The average Bonchev–Trinajstić information content (AvgIpc) is 2.48. The number of aryl methyl sites for hydroxylation is 1. The zero-order chi connectivity index (χ0) is 10.7. The summed E-state index contributed by atoms with van der Waals surface area (Å²) in [6, 6.07) is 0. The standard InChI is InChI=1S/C10H16N4O.ClH/c1-14-7-8(4-13-14)2-3-12-10(15)9-5-11-6-9;/h4,7,9,11H,2-3,5-6H2,1H3,(H,12,15);1H. The Balaban J connectivity index is 0.00000128. The van der Waals surface area contributed by atoms with E-state index in [0.29, 0.717) is 6.54 Å². The highest BCUT2D eigenvalue weighted by Gasteiger charge is 2.23. The maximum Gasteiger partial charge on any atom is 0.225 e. The number of aromatic nitrogens is 2. The summed E-state index contributed by atoms with van der Waals surface area (Å²) in [5, 5.41) is 10.1. The van der Waals surface area contributed by atoms with Gasteiger partial charge >= 0.3 is 0 Å². The number of hydrogen-bond donors (Lipinski definition) is 2. The molecule has 2 heterocycles. The number of carbonyl (C=O) groups excluding carboxylic acids is 1. The molecule has 0 bridgehead atoms. The van der Waals surface area contributed by atoms with Crippen molar-refractivity contribution in [3.05, 3.63) is 18.0 Å². The zero-order valence-electron chi connectivity index (χ0n) is 9.27. The zero-order valence-corrected chi connectivity index (χ0v) is 10.1. The number of rotatable bonds is 4. The summed E-state index contributed by atoms with van der Waals surface area (Å²) in [6.45, 7) is 2.33. The number of carbonyl (C=O) groups is 1. The number of halogens is 1. The predicted octanol–water partition coefficient (Wildman–Crippen LogP) is -0.280. The summed E-state index contributed by atoms with van der Waals surface area (Å²) in [6.07, 6.45) is 4.65. The van der Waals surface area contributed by atoms with Crippen molar-refractivity contribution < 1.29 is 4.79 Å². The van der Waals surface area contributed by atoms with Crippen molar-refractivity contribution in [1.82, 2.24) is 20.4 Å². The highest BCUT2D eigenvalue weighted by atomic mass is 35.5. The van der Waals surface area contributed by atoms with Crippen molar-refractivity contribution in [3.63, 3.8) is 0 Å². The fraction of sp³-hybridized carbons (Fsp3) is 0.600. The Morgan fingerprint density at radius 2 is 2.44 bits per heavy atom. The molecule has 1 fully saturated rings. The second kappa shape index (κ2) is 5.86. The van der Waals surface area contributed by atoms with Gasteiger partial charge in [-0.2, -0.15) is 5.10 Å². The Kier molecular flexibility index (Phi) is 4.76. The van der Waals surface area contributed by atoms with Gasteiger partial charge in [0.15, 0.2) is 0 Å². The van der Waals surface area contributed by atoms with E-state index in [9.17, 15) is 4.79 Å². The number of amides is 1. The molecule has 0 aliphatic carbocycles. The van der Waals surface area contributed by atoms with Crippen LogP contribution in [-0.4, -0.2) is 35.3 Å². The summed E-state index contributed by atoms with van der Waals surface area (Å²) in [4.78, 5) is 11.4. The second-order valence-corrected chi connectivity index (χ2v) is 3.92. The lowest BCUT2D eigenvalue weighted by molar-refractivity contribution is -0.126. The van der Waals surface area contributed by atoms with Gasteiger partial charge in [-0.25, -0.2) is 0 Å².